The van der Waals surface area contributed by atoms with Crippen LogP contribution < -0.4 is 5.32 Å². The van der Waals surface area contributed by atoms with Crippen LogP contribution in [0.25, 0.3) is 33.5 Å². The standard InChI is InChI=1S/C23H15ClN4O2S2/c24-18-9-7-15(8-10-18)19-12-31-22(25-19)26-20(29)13-32-23-28-27-21(30-23)17-6-5-14-3-1-2-4-16(14)11-17/h1-12H,13H2,(H,25,26,29). The molecule has 0 atom stereocenters. The SMILES string of the molecule is O=C(CSc1nnc(-c2ccc3ccccc3c2)o1)Nc1nc(-c2ccc(Cl)cc2)cs1. The normalized spacial score (nSPS) is 11.0. The summed E-state index contributed by atoms with van der Waals surface area (Å²) in [5.41, 5.74) is 2.56. The summed E-state index contributed by atoms with van der Waals surface area (Å²) in [6.07, 6.45) is 0. The third-order valence-corrected chi connectivity index (χ3v) is 6.45. The minimum atomic E-state index is -0.197. The number of anilines is 1. The van der Waals surface area contributed by atoms with Crippen LogP contribution in [-0.2, 0) is 4.79 Å². The summed E-state index contributed by atoms with van der Waals surface area (Å²) in [6.45, 7) is 0. The highest BCUT2D eigenvalue weighted by Gasteiger charge is 2.13. The van der Waals surface area contributed by atoms with E-state index < -0.39 is 0 Å². The van der Waals surface area contributed by atoms with Gasteiger partial charge in [-0.2, -0.15) is 0 Å². The van der Waals surface area contributed by atoms with Gasteiger partial charge in [-0.05, 0) is 35.0 Å². The zero-order valence-electron chi connectivity index (χ0n) is 16.5. The van der Waals surface area contributed by atoms with E-state index >= 15 is 0 Å². The van der Waals surface area contributed by atoms with E-state index in [0.29, 0.717) is 21.3 Å². The number of thiazole rings is 1. The lowest BCUT2D eigenvalue weighted by atomic mass is 10.1. The number of hydrogen-bond donors (Lipinski definition) is 1. The fourth-order valence-electron chi connectivity index (χ4n) is 3.07. The summed E-state index contributed by atoms with van der Waals surface area (Å²) in [5, 5.41) is 16.6. The molecule has 2 aromatic heterocycles. The first-order valence-corrected chi connectivity index (χ1v) is 11.9. The Hall–Kier alpha value is -3.20. The van der Waals surface area contributed by atoms with E-state index in [1.807, 2.05) is 72.1 Å². The van der Waals surface area contributed by atoms with E-state index in [-0.39, 0.29) is 11.7 Å². The summed E-state index contributed by atoms with van der Waals surface area (Å²) in [7, 11) is 0. The third-order valence-electron chi connectivity index (χ3n) is 4.62. The lowest BCUT2D eigenvalue weighted by molar-refractivity contribution is -0.113. The summed E-state index contributed by atoms with van der Waals surface area (Å²) in [5.74, 6) is 0.360. The molecule has 0 spiro atoms. The molecule has 1 amide bonds. The van der Waals surface area contributed by atoms with E-state index in [4.69, 9.17) is 16.0 Å². The Bertz CT molecular complexity index is 1400. The van der Waals surface area contributed by atoms with Gasteiger partial charge in [-0.1, -0.05) is 65.8 Å². The molecular formula is C23H15ClN4O2S2. The maximum atomic E-state index is 12.3. The van der Waals surface area contributed by atoms with Crippen molar-refractivity contribution in [1.82, 2.24) is 15.2 Å². The fraction of sp³-hybridized carbons (Fsp3) is 0.0435. The van der Waals surface area contributed by atoms with Crippen LogP contribution in [0.15, 0.2) is 81.8 Å². The number of benzene rings is 3. The molecule has 0 unspecified atom stereocenters. The van der Waals surface area contributed by atoms with E-state index in [0.717, 1.165) is 27.6 Å². The van der Waals surface area contributed by atoms with Gasteiger partial charge in [0.05, 0.1) is 11.4 Å². The van der Waals surface area contributed by atoms with E-state index in [2.05, 4.69) is 20.5 Å². The molecule has 0 aliphatic rings. The second kappa shape index (κ2) is 9.12. The predicted octanol–water partition coefficient (Wildman–Crippen LogP) is 6.40. The van der Waals surface area contributed by atoms with Crippen LogP contribution in [0.3, 0.4) is 0 Å². The molecule has 0 aliphatic heterocycles. The van der Waals surface area contributed by atoms with Crippen molar-refractivity contribution in [2.24, 2.45) is 0 Å². The van der Waals surface area contributed by atoms with Crippen molar-refractivity contribution in [3.63, 3.8) is 0 Å². The molecule has 0 saturated carbocycles. The van der Waals surface area contributed by atoms with Gasteiger partial charge < -0.3 is 9.73 Å². The summed E-state index contributed by atoms with van der Waals surface area (Å²) < 4.78 is 5.73. The Morgan fingerprint density at radius 1 is 1.00 bits per heavy atom. The van der Waals surface area contributed by atoms with Crippen molar-refractivity contribution in [3.05, 3.63) is 77.1 Å². The topological polar surface area (TPSA) is 80.9 Å². The minimum absolute atomic E-state index is 0.134. The molecule has 5 aromatic rings. The van der Waals surface area contributed by atoms with Gasteiger partial charge in [-0.15, -0.1) is 21.5 Å². The highest BCUT2D eigenvalue weighted by molar-refractivity contribution is 7.99. The summed E-state index contributed by atoms with van der Waals surface area (Å²) >= 11 is 8.47. The average Bonchev–Trinajstić information content (AvgIpc) is 3.48. The first-order valence-electron chi connectivity index (χ1n) is 9.61. The molecule has 0 radical (unpaired) electrons. The molecule has 1 N–H and O–H groups in total. The van der Waals surface area contributed by atoms with Gasteiger partial charge in [-0.3, -0.25) is 4.79 Å². The fourth-order valence-corrected chi connectivity index (χ4v) is 4.50. The summed E-state index contributed by atoms with van der Waals surface area (Å²) in [6, 6.07) is 21.4. The molecular weight excluding hydrogens is 464 g/mol. The van der Waals surface area contributed by atoms with E-state index in [1.54, 1.807) is 0 Å². The molecule has 3 aromatic carbocycles. The van der Waals surface area contributed by atoms with Crippen molar-refractivity contribution in [2.75, 3.05) is 11.1 Å². The van der Waals surface area contributed by atoms with Gasteiger partial charge in [0.1, 0.15) is 0 Å². The van der Waals surface area contributed by atoms with Gasteiger partial charge in [0.2, 0.25) is 11.8 Å². The number of nitrogens with zero attached hydrogens (tertiary/aromatic N) is 3. The molecule has 9 heteroatoms. The van der Waals surface area contributed by atoms with Crippen LogP contribution in [0.2, 0.25) is 5.02 Å². The maximum Gasteiger partial charge on any atom is 0.277 e. The first-order chi connectivity index (χ1) is 15.6. The number of nitrogens with one attached hydrogen (secondary N) is 1. The average molecular weight is 479 g/mol. The van der Waals surface area contributed by atoms with Crippen LogP contribution in [0.4, 0.5) is 5.13 Å². The number of carbonyl (C=O) groups is 1. The molecule has 0 bridgehead atoms. The van der Waals surface area contributed by atoms with Gasteiger partial charge in [0.15, 0.2) is 5.13 Å². The number of amides is 1. The molecule has 32 heavy (non-hydrogen) atoms. The van der Waals surface area contributed by atoms with Gasteiger partial charge in [0, 0.05) is 21.5 Å². The van der Waals surface area contributed by atoms with Crippen molar-refractivity contribution < 1.29 is 9.21 Å². The van der Waals surface area contributed by atoms with Crippen LogP contribution in [0, 0.1) is 0 Å². The summed E-state index contributed by atoms with van der Waals surface area (Å²) in [4.78, 5) is 16.8. The molecule has 0 aliphatic carbocycles. The van der Waals surface area contributed by atoms with Gasteiger partial charge in [-0.25, -0.2) is 4.98 Å². The van der Waals surface area contributed by atoms with Crippen LogP contribution in [0.5, 0.6) is 0 Å². The van der Waals surface area contributed by atoms with Crippen LogP contribution in [0.1, 0.15) is 0 Å². The Kier molecular flexibility index (Phi) is 5.89. The quantitative estimate of drug-likeness (QED) is 0.284. The van der Waals surface area contributed by atoms with E-state index in [1.165, 1.54) is 23.1 Å². The predicted molar refractivity (Wildman–Crippen MR) is 129 cm³/mol. The number of carbonyl (C=O) groups excluding carboxylic acids is 1. The van der Waals surface area contributed by atoms with Crippen molar-refractivity contribution in [3.8, 4) is 22.7 Å². The lowest BCUT2D eigenvalue weighted by Crippen LogP contribution is -2.13. The Balaban J connectivity index is 1.19. The largest absolute Gasteiger partial charge is 0.411 e. The van der Waals surface area contributed by atoms with E-state index in [9.17, 15) is 4.79 Å². The number of halogens is 1. The Morgan fingerprint density at radius 3 is 2.62 bits per heavy atom. The number of aromatic nitrogens is 3. The molecule has 5 rings (SSSR count). The van der Waals surface area contributed by atoms with Crippen LogP contribution >= 0.6 is 34.7 Å². The van der Waals surface area contributed by atoms with Gasteiger partial charge in [0.25, 0.3) is 5.22 Å². The number of rotatable bonds is 6. The first kappa shape index (κ1) is 20.7. The number of fused-ring (bicyclic) bond motifs is 1. The molecule has 0 fully saturated rings. The zero-order valence-corrected chi connectivity index (χ0v) is 18.9. The highest BCUT2D eigenvalue weighted by atomic mass is 35.5. The smallest absolute Gasteiger partial charge is 0.277 e. The lowest BCUT2D eigenvalue weighted by Gasteiger charge is -2.00. The van der Waals surface area contributed by atoms with Crippen LogP contribution in [-0.4, -0.2) is 26.8 Å². The highest BCUT2D eigenvalue weighted by Crippen LogP contribution is 2.28. The second-order valence-electron chi connectivity index (χ2n) is 6.82. The van der Waals surface area contributed by atoms with Crippen molar-refractivity contribution in [2.45, 2.75) is 5.22 Å². The maximum absolute atomic E-state index is 12.3. The monoisotopic (exact) mass is 478 g/mol. The molecule has 6 nitrogen and oxygen atoms in total. The molecule has 158 valence electrons. The third kappa shape index (κ3) is 4.67. The second-order valence-corrected chi connectivity index (χ2v) is 9.04. The zero-order chi connectivity index (χ0) is 21.9. The Morgan fingerprint density at radius 2 is 1.78 bits per heavy atom. The number of thioether (sulfide) groups is 1. The van der Waals surface area contributed by atoms with Crippen molar-refractivity contribution >= 4 is 56.5 Å². The molecule has 2 heterocycles. The minimum Gasteiger partial charge on any atom is -0.411 e. The number of hydrogen-bond acceptors (Lipinski definition) is 7. The molecule has 0 saturated heterocycles. The Labute approximate surface area is 196 Å². The van der Waals surface area contributed by atoms with Gasteiger partial charge >= 0.3 is 0 Å². The van der Waals surface area contributed by atoms with Crippen molar-refractivity contribution in [1.29, 1.82) is 0 Å².